The molecule has 0 aliphatic rings. The molecule has 2 aromatic rings. The molecular weight excluding hydrogens is 228 g/mol. The first kappa shape index (κ1) is 8.75. The van der Waals surface area contributed by atoms with E-state index in [1.54, 1.807) is 0 Å². The first-order chi connectivity index (χ1) is 6.33. The van der Waals surface area contributed by atoms with E-state index >= 15 is 0 Å². The maximum Gasteiger partial charge on any atom is 0.132 e. The van der Waals surface area contributed by atoms with Gasteiger partial charge in [-0.2, -0.15) is 0 Å². The summed E-state index contributed by atoms with van der Waals surface area (Å²) in [5, 5.41) is 0. The van der Waals surface area contributed by atoms with Crippen molar-refractivity contribution in [1.82, 2.24) is 9.38 Å². The van der Waals surface area contributed by atoms with Crippen LogP contribution in [0.3, 0.4) is 0 Å². The summed E-state index contributed by atoms with van der Waals surface area (Å²) in [7, 11) is 0. The fourth-order valence-corrected chi connectivity index (χ4v) is 1.99. The molecule has 0 spiro atoms. The minimum absolute atomic E-state index is 0.941. The number of aryl methyl sites for hydroxylation is 1. The minimum atomic E-state index is 0.941. The Kier molecular flexibility index (Phi) is 2.36. The Morgan fingerprint density at radius 3 is 3.08 bits per heavy atom. The molecule has 2 aromatic heterocycles. The van der Waals surface area contributed by atoms with E-state index in [0.29, 0.717) is 0 Å². The van der Waals surface area contributed by atoms with Crippen molar-refractivity contribution >= 4 is 21.4 Å². The average Bonchev–Trinajstić information content (AvgIpc) is 2.46. The molecule has 0 aromatic carbocycles. The fraction of sp³-hybridized carbons (Fsp3) is 0.300. The van der Waals surface area contributed by atoms with Crippen LogP contribution in [-0.2, 0) is 6.42 Å². The standard InChI is InChI=1S/C10H11BrN2/c1-2-5-9-12-10(11)8-6-3-4-7-13(8)9/h3-4,6-7H,2,5H2,1H3. The molecule has 0 aliphatic heterocycles. The largest absolute Gasteiger partial charge is 0.303 e. The molecule has 0 saturated heterocycles. The van der Waals surface area contributed by atoms with E-state index in [1.165, 1.54) is 0 Å². The van der Waals surface area contributed by atoms with Crippen molar-refractivity contribution in [2.45, 2.75) is 19.8 Å². The van der Waals surface area contributed by atoms with Gasteiger partial charge in [-0.25, -0.2) is 4.98 Å². The average molecular weight is 239 g/mol. The second-order valence-corrected chi connectivity index (χ2v) is 3.78. The van der Waals surface area contributed by atoms with Crippen LogP contribution >= 0.6 is 15.9 Å². The topological polar surface area (TPSA) is 17.3 Å². The van der Waals surface area contributed by atoms with Crippen LogP contribution in [0.15, 0.2) is 29.0 Å². The van der Waals surface area contributed by atoms with Gasteiger partial charge in [0.25, 0.3) is 0 Å². The number of hydrogen-bond acceptors (Lipinski definition) is 1. The van der Waals surface area contributed by atoms with Crippen molar-refractivity contribution in [1.29, 1.82) is 0 Å². The molecule has 0 bridgehead atoms. The van der Waals surface area contributed by atoms with Gasteiger partial charge in [0.2, 0.25) is 0 Å². The van der Waals surface area contributed by atoms with Crippen LogP contribution in [0.1, 0.15) is 19.2 Å². The normalized spacial score (nSPS) is 10.9. The maximum atomic E-state index is 4.46. The van der Waals surface area contributed by atoms with Crippen LogP contribution in [0.4, 0.5) is 0 Å². The summed E-state index contributed by atoms with van der Waals surface area (Å²) in [6.07, 6.45) is 4.20. The summed E-state index contributed by atoms with van der Waals surface area (Å²) >= 11 is 3.46. The highest BCUT2D eigenvalue weighted by Crippen LogP contribution is 2.18. The number of nitrogens with zero attached hydrogens (tertiary/aromatic N) is 2. The molecule has 68 valence electrons. The zero-order chi connectivity index (χ0) is 9.26. The van der Waals surface area contributed by atoms with Crippen molar-refractivity contribution in [3.8, 4) is 0 Å². The van der Waals surface area contributed by atoms with E-state index in [4.69, 9.17) is 0 Å². The molecule has 0 atom stereocenters. The quantitative estimate of drug-likeness (QED) is 0.787. The Labute approximate surface area is 85.7 Å². The summed E-state index contributed by atoms with van der Waals surface area (Å²) in [4.78, 5) is 4.46. The maximum absolute atomic E-state index is 4.46. The molecule has 0 aliphatic carbocycles. The second-order valence-electron chi connectivity index (χ2n) is 3.02. The Morgan fingerprint density at radius 1 is 1.46 bits per heavy atom. The molecular formula is C10H11BrN2. The number of hydrogen-bond donors (Lipinski definition) is 0. The Hall–Kier alpha value is -0.830. The summed E-state index contributed by atoms with van der Waals surface area (Å²) < 4.78 is 3.07. The molecule has 0 radical (unpaired) electrons. The van der Waals surface area contributed by atoms with Gasteiger partial charge in [-0.3, -0.25) is 0 Å². The van der Waals surface area contributed by atoms with Crippen LogP contribution in [0.5, 0.6) is 0 Å². The molecule has 0 fully saturated rings. The minimum Gasteiger partial charge on any atom is -0.303 e. The first-order valence-electron chi connectivity index (χ1n) is 4.44. The molecule has 0 saturated carbocycles. The Balaban J connectivity index is 2.63. The number of imidazole rings is 1. The van der Waals surface area contributed by atoms with Crippen LogP contribution < -0.4 is 0 Å². The highest BCUT2D eigenvalue weighted by molar-refractivity contribution is 9.10. The van der Waals surface area contributed by atoms with Crippen LogP contribution in [0, 0.1) is 0 Å². The Bertz CT molecular complexity index is 420. The first-order valence-corrected chi connectivity index (χ1v) is 5.23. The van der Waals surface area contributed by atoms with Gasteiger partial charge in [0, 0.05) is 12.6 Å². The molecule has 0 unspecified atom stereocenters. The lowest BCUT2D eigenvalue weighted by Crippen LogP contribution is -1.92. The summed E-state index contributed by atoms with van der Waals surface area (Å²) in [6.45, 7) is 2.16. The van der Waals surface area contributed by atoms with Gasteiger partial charge in [0.1, 0.15) is 10.4 Å². The van der Waals surface area contributed by atoms with Crippen molar-refractivity contribution < 1.29 is 0 Å². The summed E-state index contributed by atoms with van der Waals surface area (Å²) in [5.74, 6) is 1.13. The highest BCUT2D eigenvalue weighted by atomic mass is 79.9. The SMILES string of the molecule is CCCc1nc(Br)c2ccccn12. The third-order valence-corrected chi connectivity index (χ3v) is 2.63. The second kappa shape index (κ2) is 3.50. The molecule has 3 heteroatoms. The zero-order valence-corrected chi connectivity index (χ0v) is 9.08. The van der Waals surface area contributed by atoms with Crippen molar-refractivity contribution in [2.75, 3.05) is 0 Å². The predicted octanol–water partition coefficient (Wildman–Crippen LogP) is 3.05. The van der Waals surface area contributed by atoms with Gasteiger partial charge >= 0.3 is 0 Å². The van der Waals surface area contributed by atoms with E-state index in [1.807, 2.05) is 12.1 Å². The van der Waals surface area contributed by atoms with Gasteiger partial charge in [-0.15, -0.1) is 0 Å². The van der Waals surface area contributed by atoms with E-state index in [-0.39, 0.29) is 0 Å². The summed E-state index contributed by atoms with van der Waals surface area (Å²) in [6, 6.07) is 6.12. The lowest BCUT2D eigenvalue weighted by molar-refractivity contribution is 0.829. The Morgan fingerprint density at radius 2 is 2.31 bits per heavy atom. The van der Waals surface area contributed by atoms with Crippen molar-refractivity contribution in [3.63, 3.8) is 0 Å². The van der Waals surface area contributed by atoms with Gasteiger partial charge in [-0.05, 0) is 34.5 Å². The lowest BCUT2D eigenvalue weighted by Gasteiger charge is -1.97. The molecule has 0 amide bonds. The number of aromatic nitrogens is 2. The number of rotatable bonds is 2. The smallest absolute Gasteiger partial charge is 0.132 e. The molecule has 2 rings (SSSR count). The number of fused-ring (bicyclic) bond motifs is 1. The van der Waals surface area contributed by atoms with Crippen molar-refractivity contribution in [2.24, 2.45) is 0 Å². The highest BCUT2D eigenvalue weighted by Gasteiger charge is 2.05. The number of pyridine rings is 1. The van der Waals surface area contributed by atoms with Crippen LogP contribution in [0.2, 0.25) is 0 Å². The third-order valence-electron chi connectivity index (χ3n) is 2.05. The third kappa shape index (κ3) is 1.48. The summed E-state index contributed by atoms with van der Waals surface area (Å²) in [5.41, 5.74) is 1.14. The fourth-order valence-electron chi connectivity index (χ4n) is 1.46. The monoisotopic (exact) mass is 238 g/mol. The molecule has 2 heterocycles. The molecule has 2 nitrogen and oxygen atoms in total. The van der Waals surface area contributed by atoms with Crippen molar-refractivity contribution in [3.05, 3.63) is 34.8 Å². The predicted molar refractivity (Wildman–Crippen MR) is 56.9 cm³/mol. The van der Waals surface area contributed by atoms with Gasteiger partial charge < -0.3 is 4.40 Å². The van der Waals surface area contributed by atoms with E-state index < -0.39 is 0 Å². The van der Waals surface area contributed by atoms with Crippen LogP contribution in [-0.4, -0.2) is 9.38 Å². The van der Waals surface area contributed by atoms with Gasteiger partial charge in [-0.1, -0.05) is 13.0 Å². The molecule has 0 N–H and O–H groups in total. The number of halogens is 1. The molecule has 13 heavy (non-hydrogen) atoms. The lowest BCUT2D eigenvalue weighted by atomic mass is 10.3. The van der Waals surface area contributed by atoms with E-state index in [2.05, 4.69) is 44.5 Å². The van der Waals surface area contributed by atoms with Gasteiger partial charge in [0.15, 0.2) is 0 Å². The van der Waals surface area contributed by atoms with Crippen LogP contribution in [0.25, 0.3) is 5.52 Å². The van der Waals surface area contributed by atoms with E-state index in [9.17, 15) is 0 Å². The van der Waals surface area contributed by atoms with E-state index in [0.717, 1.165) is 28.8 Å². The van der Waals surface area contributed by atoms with Gasteiger partial charge in [0.05, 0.1) is 5.52 Å². The zero-order valence-electron chi connectivity index (χ0n) is 7.50.